The van der Waals surface area contributed by atoms with Crippen molar-refractivity contribution < 1.29 is 13.9 Å². The summed E-state index contributed by atoms with van der Waals surface area (Å²) in [5, 5.41) is 0.243. The zero-order valence-electron chi connectivity index (χ0n) is 11.9. The van der Waals surface area contributed by atoms with Crippen molar-refractivity contribution in [3.05, 3.63) is 0 Å². The second kappa shape index (κ2) is 4.33. The number of methoxy groups -OCH3 is 1. The van der Waals surface area contributed by atoms with E-state index in [0.29, 0.717) is 0 Å². The summed E-state index contributed by atoms with van der Waals surface area (Å²) in [6.45, 7) is 11.4. The van der Waals surface area contributed by atoms with Gasteiger partial charge < -0.3 is 13.9 Å². The van der Waals surface area contributed by atoms with Gasteiger partial charge >= 0.3 is 0 Å². The molecule has 0 unspecified atom stereocenters. The van der Waals surface area contributed by atoms with Crippen LogP contribution < -0.4 is 0 Å². The van der Waals surface area contributed by atoms with Crippen LogP contribution in [-0.4, -0.2) is 39.8 Å². The maximum absolute atomic E-state index is 6.49. The van der Waals surface area contributed by atoms with Crippen LogP contribution in [0.4, 0.5) is 0 Å². The summed E-state index contributed by atoms with van der Waals surface area (Å²) in [5.41, 5.74) is 0. The van der Waals surface area contributed by atoms with E-state index in [0.717, 1.165) is 12.8 Å². The first kappa shape index (κ1) is 13.5. The van der Waals surface area contributed by atoms with Crippen LogP contribution in [0.3, 0.4) is 0 Å². The fourth-order valence-electron chi connectivity index (χ4n) is 2.54. The average Bonchev–Trinajstić information content (AvgIpc) is 2.75. The number of ether oxygens (including phenoxy) is 2. The van der Waals surface area contributed by atoms with E-state index in [1.165, 1.54) is 0 Å². The fourth-order valence-corrected chi connectivity index (χ4v) is 3.86. The first-order valence-corrected chi connectivity index (χ1v) is 9.53. The normalized spacial score (nSPS) is 37.8. The summed E-state index contributed by atoms with van der Waals surface area (Å²) >= 11 is 0. The third-order valence-electron chi connectivity index (χ3n) is 4.65. The molecule has 0 aliphatic carbocycles. The molecule has 2 saturated heterocycles. The van der Waals surface area contributed by atoms with Gasteiger partial charge in [0.15, 0.2) is 8.32 Å². The lowest BCUT2D eigenvalue weighted by Crippen LogP contribution is -2.51. The monoisotopic (exact) mass is 258 g/mol. The molecule has 0 aromatic rings. The standard InChI is InChI=1S/C13H26O3Si/c1-13(2,3)17(5,6)16-12-10-8-7-9(15-10)11(12)14-4/h9-12H,7-8H2,1-6H3/t9-,10+,11+,12-/m1/s1. The lowest BCUT2D eigenvalue weighted by atomic mass is 9.95. The van der Waals surface area contributed by atoms with Crippen molar-refractivity contribution in [2.45, 2.75) is 76.2 Å². The third kappa shape index (κ3) is 2.32. The zero-order valence-corrected chi connectivity index (χ0v) is 12.9. The van der Waals surface area contributed by atoms with Crippen LogP contribution in [0.1, 0.15) is 33.6 Å². The second-order valence-electron chi connectivity index (χ2n) is 6.83. The molecule has 100 valence electrons. The van der Waals surface area contributed by atoms with Crippen molar-refractivity contribution in [3.8, 4) is 0 Å². The van der Waals surface area contributed by atoms with Gasteiger partial charge in [0.05, 0.1) is 18.3 Å². The maximum Gasteiger partial charge on any atom is 0.192 e. The smallest absolute Gasteiger partial charge is 0.192 e. The van der Waals surface area contributed by atoms with E-state index in [1.807, 2.05) is 0 Å². The molecule has 0 aromatic carbocycles. The van der Waals surface area contributed by atoms with E-state index < -0.39 is 8.32 Å². The van der Waals surface area contributed by atoms with E-state index >= 15 is 0 Å². The summed E-state index contributed by atoms with van der Waals surface area (Å²) in [4.78, 5) is 0. The minimum Gasteiger partial charge on any atom is -0.409 e. The molecule has 2 heterocycles. The van der Waals surface area contributed by atoms with Gasteiger partial charge in [0.1, 0.15) is 6.10 Å². The van der Waals surface area contributed by atoms with Gasteiger partial charge in [-0.2, -0.15) is 0 Å². The van der Waals surface area contributed by atoms with Crippen LogP contribution in [0.15, 0.2) is 0 Å². The molecule has 0 N–H and O–H groups in total. The third-order valence-corrected chi connectivity index (χ3v) is 9.12. The van der Waals surface area contributed by atoms with Gasteiger partial charge in [0.2, 0.25) is 0 Å². The van der Waals surface area contributed by atoms with Gasteiger partial charge in [-0.15, -0.1) is 0 Å². The summed E-state index contributed by atoms with van der Waals surface area (Å²) in [6.07, 6.45) is 3.08. The molecule has 4 heteroatoms. The Morgan fingerprint density at radius 1 is 1.06 bits per heavy atom. The minimum absolute atomic E-state index is 0.142. The first-order chi connectivity index (χ1) is 7.76. The van der Waals surface area contributed by atoms with Crippen LogP contribution in [0.25, 0.3) is 0 Å². The highest BCUT2D eigenvalue weighted by Gasteiger charge is 2.53. The largest absolute Gasteiger partial charge is 0.409 e. The minimum atomic E-state index is -1.73. The molecule has 2 aliphatic rings. The average molecular weight is 258 g/mol. The van der Waals surface area contributed by atoms with Crippen LogP contribution >= 0.6 is 0 Å². The van der Waals surface area contributed by atoms with Crippen molar-refractivity contribution in [2.24, 2.45) is 0 Å². The molecule has 4 atom stereocenters. The quantitative estimate of drug-likeness (QED) is 0.728. The number of rotatable bonds is 3. The molecular weight excluding hydrogens is 232 g/mol. The van der Waals surface area contributed by atoms with Crippen molar-refractivity contribution >= 4 is 8.32 Å². The molecule has 2 aliphatic heterocycles. The van der Waals surface area contributed by atoms with Gasteiger partial charge in [-0.1, -0.05) is 20.8 Å². The molecule has 17 heavy (non-hydrogen) atoms. The number of hydrogen-bond acceptors (Lipinski definition) is 3. The highest BCUT2D eigenvalue weighted by atomic mass is 28.4. The molecule has 2 fully saturated rings. The Hall–Kier alpha value is 0.0969. The Morgan fingerprint density at radius 3 is 2.06 bits per heavy atom. The Labute approximate surface area is 106 Å². The summed E-state index contributed by atoms with van der Waals surface area (Å²) in [7, 11) is 0.0490. The van der Waals surface area contributed by atoms with Crippen LogP contribution in [0.2, 0.25) is 18.1 Å². The summed E-state index contributed by atoms with van der Waals surface area (Å²) in [5.74, 6) is 0. The Morgan fingerprint density at radius 2 is 1.59 bits per heavy atom. The molecule has 0 amide bonds. The summed E-state index contributed by atoms with van der Waals surface area (Å²) in [6, 6.07) is 0. The fraction of sp³-hybridized carbons (Fsp3) is 1.00. The van der Waals surface area contributed by atoms with E-state index in [9.17, 15) is 0 Å². The van der Waals surface area contributed by atoms with Crippen molar-refractivity contribution in [1.82, 2.24) is 0 Å². The molecule has 0 saturated carbocycles. The summed E-state index contributed by atoms with van der Waals surface area (Å²) < 4.78 is 18.0. The highest BCUT2D eigenvalue weighted by molar-refractivity contribution is 6.74. The van der Waals surface area contributed by atoms with Crippen LogP contribution in [0, 0.1) is 0 Å². The Kier molecular flexibility index (Phi) is 3.45. The Balaban J connectivity index is 2.08. The topological polar surface area (TPSA) is 27.7 Å². The van der Waals surface area contributed by atoms with Crippen molar-refractivity contribution in [3.63, 3.8) is 0 Å². The highest BCUT2D eigenvalue weighted by Crippen LogP contribution is 2.43. The molecule has 0 aromatic heterocycles. The van der Waals surface area contributed by atoms with Gasteiger partial charge in [-0.25, -0.2) is 0 Å². The molecule has 0 radical (unpaired) electrons. The zero-order chi connectivity index (χ0) is 12.8. The Bertz CT molecular complexity index is 285. The predicted octanol–water partition coefficient (Wildman–Crippen LogP) is 2.95. The second-order valence-corrected chi connectivity index (χ2v) is 11.6. The van der Waals surface area contributed by atoms with Gasteiger partial charge in [-0.05, 0) is 31.0 Å². The number of hydrogen-bond donors (Lipinski definition) is 0. The van der Waals surface area contributed by atoms with Crippen LogP contribution in [0.5, 0.6) is 0 Å². The molecular formula is C13H26O3Si. The van der Waals surface area contributed by atoms with Crippen molar-refractivity contribution in [1.29, 1.82) is 0 Å². The van der Waals surface area contributed by atoms with E-state index in [2.05, 4.69) is 33.9 Å². The molecule has 3 nitrogen and oxygen atoms in total. The van der Waals surface area contributed by atoms with Crippen LogP contribution in [-0.2, 0) is 13.9 Å². The van der Waals surface area contributed by atoms with Gasteiger partial charge in [0.25, 0.3) is 0 Å². The molecule has 2 rings (SSSR count). The predicted molar refractivity (Wildman–Crippen MR) is 70.8 cm³/mol. The number of fused-ring (bicyclic) bond motifs is 2. The SMILES string of the molecule is CO[C@@H]1[C@H](O[Si](C)(C)C(C)(C)C)[C@@H]2CC[C@H]1O2. The maximum atomic E-state index is 6.49. The van der Waals surface area contributed by atoms with E-state index in [4.69, 9.17) is 13.9 Å². The van der Waals surface area contributed by atoms with E-state index in [1.54, 1.807) is 7.11 Å². The van der Waals surface area contributed by atoms with Crippen molar-refractivity contribution in [2.75, 3.05) is 7.11 Å². The lowest BCUT2D eigenvalue weighted by molar-refractivity contribution is -0.0126. The van der Waals surface area contributed by atoms with Gasteiger partial charge in [-0.3, -0.25) is 0 Å². The first-order valence-electron chi connectivity index (χ1n) is 6.62. The van der Waals surface area contributed by atoms with E-state index in [-0.39, 0.29) is 29.5 Å². The van der Waals surface area contributed by atoms with Gasteiger partial charge in [0, 0.05) is 7.11 Å². The molecule has 0 spiro atoms. The molecule has 2 bridgehead atoms. The lowest BCUT2D eigenvalue weighted by Gasteiger charge is -2.41.